The number of hydrogen-bond acceptors (Lipinski definition) is 4. The van der Waals surface area contributed by atoms with Crippen LogP contribution in [0.1, 0.15) is 39.2 Å². The molecule has 0 aromatic carbocycles. The van der Waals surface area contributed by atoms with Crippen molar-refractivity contribution in [1.29, 1.82) is 0 Å². The highest BCUT2D eigenvalue weighted by Crippen LogP contribution is 2.11. The van der Waals surface area contributed by atoms with E-state index in [4.69, 9.17) is 0 Å². The topological polar surface area (TPSA) is 72.9 Å². The Morgan fingerprint density at radius 1 is 1.19 bits per heavy atom. The molecule has 0 atom stereocenters. The van der Waals surface area contributed by atoms with Gasteiger partial charge in [0.25, 0.3) is 0 Å². The van der Waals surface area contributed by atoms with E-state index >= 15 is 0 Å². The molecule has 1 aromatic rings. The van der Waals surface area contributed by atoms with Crippen molar-refractivity contribution in [2.24, 2.45) is 4.99 Å². The molecule has 2 rings (SSSR count). The van der Waals surface area contributed by atoms with Gasteiger partial charge < -0.3 is 20.4 Å². The molecule has 0 saturated carbocycles. The summed E-state index contributed by atoms with van der Waals surface area (Å²) in [6.07, 6.45) is 4.09. The summed E-state index contributed by atoms with van der Waals surface area (Å²) in [5.41, 5.74) is 1.05. The smallest absolute Gasteiger partial charge is 0.241 e. The van der Waals surface area contributed by atoms with E-state index in [2.05, 4.69) is 45.4 Å². The Morgan fingerprint density at radius 2 is 1.89 bits per heavy atom. The first-order chi connectivity index (χ1) is 12.7. The third-order valence-corrected chi connectivity index (χ3v) is 4.53. The molecule has 152 valence electrons. The Kier molecular flexibility index (Phi) is 11.1. The summed E-state index contributed by atoms with van der Waals surface area (Å²) in [5.74, 6) is 1.79. The lowest BCUT2D eigenvalue weighted by Gasteiger charge is -2.19. The molecule has 1 aliphatic rings. The van der Waals surface area contributed by atoms with E-state index in [1.165, 1.54) is 0 Å². The number of carbonyl (C=O) groups is 1. The van der Waals surface area contributed by atoms with Crippen LogP contribution in [-0.4, -0.2) is 61.0 Å². The zero-order chi connectivity index (χ0) is 18.8. The SMILES string of the molecule is CCNC(=NCc1ccc(N(CC)CC)nc1)NCC(=O)N1CCCC1.I. The fourth-order valence-corrected chi connectivity index (χ4v) is 2.99. The lowest BCUT2D eigenvalue weighted by Crippen LogP contribution is -2.44. The Balaban J connectivity index is 0.00000364. The fraction of sp³-hybridized carbons (Fsp3) is 0.632. The van der Waals surface area contributed by atoms with Crippen LogP contribution in [0.25, 0.3) is 0 Å². The highest BCUT2D eigenvalue weighted by Gasteiger charge is 2.17. The molecule has 7 nitrogen and oxygen atoms in total. The maximum Gasteiger partial charge on any atom is 0.241 e. The van der Waals surface area contributed by atoms with Crippen molar-refractivity contribution < 1.29 is 4.79 Å². The lowest BCUT2D eigenvalue weighted by atomic mass is 10.3. The Labute approximate surface area is 180 Å². The number of aliphatic imine (C=N–C) groups is 1. The number of likely N-dealkylation sites (tertiary alicyclic amines) is 1. The van der Waals surface area contributed by atoms with E-state index in [1.54, 1.807) is 0 Å². The number of hydrogen-bond donors (Lipinski definition) is 2. The minimum absolute atomic E-state index is 0. The highest BCUT2D eigenvalue weighted by molar-refractivity contribution is 14.0. The van der Waals surface area contributed by atoms with Gasteiger partial charge in [-0.05, 0) is 45.2 Å². The Hall–Kier alpha value is -1.58. The van der Waals surface area contributed by atoms with Crippen molar-refractivity contribution >= 4 is 41.7 Å². The molecule has 8 heteroatoms. The minimum atomic E-state index is 0. The first-order valence-corrected chi connectivity index (χ1v) is 9.67. The van der Waals surface area contributed by atoms with Crippen LogP contribution in [0.4, 0.5) is 5.82 Å². The average molecular weight is 488 g/mol. The van der Waals surface area contributed by atoms with Gasteiger partial charge in [-0.1, -0.05) is 6.07 Å². The molecule has 0 radical (unpaired) electrons. The number of halogens is 1. The number of carbonyl (C=O) groups excluding carboxylic acids is 1. The summed E-state index contributed by atoms with van der Waals surface area (Å²) in [5, 5.41) is 6.32. The third-order valence-electron chi connectivity index (χ3n) is 4.53. The third kappa shape index (κ3) is 7.51. The Morgan fingerprint density at radius 3 is 2.44 bits per heavy atom. The van der Waals surface area contributed by atoms with Gasteiger partial charge in [0.1, 0.15) is 5.82 Å². The van der Waals surface area contributed by atoms with Gasteiger partial charge in [-0.2, -0.15) is 0 Å². The zero-order valence-corrected chi connectivity index (χ0v) is 19.0. The molecule has 1 saturated heterocycles. The first kappa shape index (κ1) is 23.5. The summed E-state index contributed by atoms with van der Waals surface area (Å²) in [7, 11) is 0. The maximum absolute atomic E-state index is 12.2. The number of nitrogens with zero attached hydrogens (tertiary/aromatic N) is 4. The minimum Gasteiger partial charge on any atom is -0.357 e. The van der Waals surface area contributed by atoms with Gasteiger partial charge in [-0.15, -0.1) is 24.0 Å². The monoisotopic (exact) mass is 488 g/mol. The van der Waals surface area contributed by atoms with Gasteiger partial charge in [0.15, 0.2) is 5.96 Å². The van der Waals surface area contributed by atoms with Crippen molar-refractivity contribution in [2.45, 2.75) is 40.2 Å². The van der Waals surface area contributed by atoms with Gasteiger partial charge in [0.2, 0.25) is 5.91 Å². The molecule has 0 aliphatic carbocycles. The van der Waals surface area contributed by atoms with E-state index in [9.17, 15) is 4.79 Å². The van der Waals surface area contributed by atoms with Crippen LogP contribution in [-0.2, 0) is 11.3 Å². The number of guanidine groups is 1. The summed E-state index contributed by atoms with van der Waals surface area (Å²) < 4.78 is 0. The predicted octanol–water partition coefficient (Wildman–Crippen LogP) is 2.22. The van der Waals surface area contributed by atoms with Gasteiger partial charge in [0, 0.05) is 38.9 Å². The number of aromatic nitrogens is 1. The molecular weight excluding hydrogens is 455 g/mol. The van der Waals surface area contributed by atoms with Crippen molar-refractivity contribution in [1.82, 2.24) is 20.5 Å². The summed E-state index contributed by atoms with van der Waals surface area (Å²) >= 11 is 0. The van der Waals surface area contributed by atoms with Crippen molar-refractivity contribution in [3.05, 3.63) is 23.9 Å². The summed E-state index contributed by atoms with van der Waals surface area (Å²) in [6.45, 7) is 11.5. The van der Waals surface area contributed by atoms with Crippen LogP contribution >= 0.6 is 24.0 Å². The second kappa shape index (κ2) is 12.7. The number of amides is 1. The first-order valence-electron chi connectivity index (χ1n) is 9.67. The molecule has 0 unspecified atom stereocenters. The number of rotatable bonds is 8. The number of nitrogens with one attached hydrogen (secondary N) is 2. The van der Waals surface area contributed by atoms with E-state index in [0.29, 0.717) is 12.5 Å². The highest BCUT2D eigenvalue weighted by atomic mass is 127. The number of pyridine rings is 1. The molecule has 2 N–H and O–H groups in total. The van der Waals surface area contributed by atoms with Crippen LogP contribution in [0.15, 0.2) is 23.3 Å². The van der Waals surface area contributed by atoms with E-state index in [0.717, 1.165) is 56.9 Å². The zero-order valence-electron chi connectivity index (χ0n) is 16.7. The maximum atomic E-state index is 12.2. The molecular formula is C19H33IN6O. The largest absolute Gasteiger partial charge is 0.357 e. The fourth-order valence-electron chi connectivity index (χ4n) is 2.99. The van der Waals surface area contributed by atoms with Crippen LogP contribution in [0, 0.1) is 0 Å². The van der Waals surface area contributed by atoms with Gasteiger partial charge >= 0.3 is 0 Å². The normalized spacial score (nSPS) is 13.9. The summed E-state index contributed by atoms with van der Waals surface area (Å²) in [4.78, 5) is 25.4. The standard InChI is InChI=1S/C19H32N6O.HI/c1-4-20-19(23-15-18(26)25-11-7-8-12-25)22-14-16-9-10-17(21-13-16)24(5-2)6-3;/h9-10,13H,4-8,11-12,14-15H2,1-3H3,(H2,20,22,23);1H. The van der Waals surface area contributed by atoms with Crippen LogP contribution < -0.4 is 15.5 Å². The van der Waals surface area contributed by atoms with Gasteiger partial charge in [-0.25, -0.2) is 9.98 Å². The molecule has 2 heterocycles. The molecule has 0 spiro atoms. The lowest BCUT2D eigenvalue weighted by molar-refractivity contribution is -0.128. The molecule has 1 aromatic heterocycles. The van der Waals surface area contributed by atoms with Crippen LogP contribution in [0.5, 0.6) is 0 Å². The summed E-state index contributed by atoms with van der Waals surface area (Å²) in [6, 6.07) is 4.10. The molecule has 1 fully saturated rings. The number of anilines is 1. The van der Waals surface area contributed by atoms with Gasteiger partial charge in [0.05, 0.1) is 13.1 Å². The Bertz CT molecular complexity index is 582. The molecule has 1 amide bonds. The average Bonchev–Trinajstić information content (AvgIpc) is 3.20. The molecule has 27 heavy (non-hydrogen) atoms. The predicted molar refractivity (Wildman–Crippen MR) is 122 cm³/mol. The second-order valence-corrected chi connectivity index (χ2v) is 6.33. The quantitative estimate of drug-likeness (QED) is 0.334. The molecule has 0 bridgehead atoms. The van der Waals surface area contributed by atoms with E-state index in [-0.39, 0.29) is 36.4 Å². The van der Waals surface area contributed by atoms with Crippen molar-refractivity contribution in [3.63, 3.8) is 0 Å². The van der Waals surface area contributed by atoms with E-state index in [1.807, 2.05) is 24.1 Å². The van der Waals surface area contributed by atoms with Crippen LogP contribution in [0.2, 0.25) is 0 Å². The second-order valence-electron chi connectivity index (χ2n) is 6.33. The molecule has 1 aliphatic heterocycles. The van der Waals surface area contributed by atoms with E-state index < -0.39 is 0 Å². The van der Waals surface area contributed by atoms with Crippen molar-refractivity contribution in [2.75, 3.05) is 44.2 Å². The van der Waals surface area contributed by atoms with Crippen molar-refractivity contribution in [3.8, 4) is 0 Å². The van der Waals surface area contributed by atoms with Crippen LogP contribution in [0.3, 0.4) is 0 Å². The van der Waals surface area contributed by atoms with Gasteiger partial charge in [-0.3, -0.25) is 4.79 Å².